The van der Waals surface area contributed by atoms with Gasteiger partial charge in [-0.15, -0.1) is 0 Å². The lowest BCUT2D eigenvalue weighted by atomic mass is 10.2. The Labute approximate surface area is 199 Å². The lowest BCUT2D eigenvalue weighted by Crippen LogP contribution is -2.29. The topological polar surface area (TPSA) is 93.5 Å². The van der Waals surface area contributed by atoms with Crippen molar-refractivity contribution in [2.24, 2.45) is 0 Å². The standard InChI is InChI=1S/C22H23Cl2N3O4S/c1-11-7-18(19(31-4)9-16(11)24)25-20(29)13(3)32-22-26-17-8-14(23)5-6-15(17)21(30)27(22)10-12(2)28/h5-9,12-13,28H,10H2,1-4H3,(H,25,29). The van der Waals surface area contributed by atoms with E-state index in [2.05, 4.69) is 10.3 Å². The van der Waals surface area contributed by atoms with Crippen molar-refractivity contribution in [3.63, 3.8) is 0 Å². The first-order valence-electron chi connectivity index (χ1n) is 9.80. The zero-order chi connectivity index (χ0) is 23.6. The smallest absolute Gasteiger partial charge is 0.262 e. The van der Waals surface area contributed by atoms with Gasteiger partial charge in [-0.05, 0) is 50.6 Å². The van der Waals surface area contributed by atoms with Crippen LogP contribution in [0.25, 0.3) is 10.9 Å². The maximum atomic E-state index is 13.0. The maximum Gasteiger partial charge on any atom is 0.262 e. The molecular weight excluding hydrogens is 473 g/mol. The minimum absolute atomic E-state index is 0.0469. The van der Waals surface area contributed by atoms with Crippen molar-refractivity contribution in [3.05, 3.63) is 56.3 Å². The van der Waals surface area contributed by atoms with Gasteiger partial charge in [0.25, 0.3) is 5.56 Å². The number of benzene rings is 2. The van der Waals surface area contributed by atoms with Crippen LogP contribution in [0.5, 0.6) is 5.75 Å². The van der Waals surface area contributed by atoms with Crippen LogP contribution in [0.15, 0.2) is 40.3 Å². The highest BCUT2D eigenvalue weighted by Gasteiger charge is 2.21. The van der Waals surface area contributed by atoms with E-state index in [0.29, 0.717) is 37.5 Å². The average molecular weight is 496 g/mol. The first kappa shape index (κ1) is 24.4. The average Bonchev–Trinajstić information content (AvgIpc) is 2.72. The maximum absolute atomic E-state index is 13.0. The molecule has 170 valence electrons. The second kappa shape index (κ2) is 10.1. The molecule has 2 N–H and O–H groups in total. The van der Waals surface area contributed by atoms with Crippen LogP contribution in [0.2, 0.25) is 10.0 Å². The van der Waals surface area contributed by atoms with Crippen LogP contribution < -0.4 is 15.6 Å². The fraction of sp³-hybridized carbons (Fsp3) is 0.318. The molecular formula is C22H23Cl2N3O4S. The van der Waals surface area contributed by atoms with Crippen molar-refractivity contribution in [1.82, 2.24) is 9.55 Å². The quantitative estimate of drug-likeness (QED) is 0.369. The number of hydrogen-bond donors (Lipinski definition) is 2. The van der Waals surface area contributed by atoms with Crippen molar-refractivity contribution in [2.75, 3.05) is 12.4 Å². The Balaban J connectivity index is 1.93. The minimum atomic E-state index is -0.774. The molecule has 10 heteroatoms. The number of methoxy groups -OCH3 is 1. The summed E-state index contributed by atoms with van der Waals surface area (Å²) in [5.74, 6) is 0.134. The predicted molar refractivity (Wildman–Crippen MR) is 129 cm³/mol. The summed E-state index contributed by atoms with van der Waals surface area (Å²) in [6.07, 6.45) is -0.774. The Hall–Kier alpha value is -2.26. The van der Waals surface area contributed by atoms with Crippen LogP contribution in [0, 0.1) is 6.92 Å². The number of aryl methyl sites for hydroxylation is 1. The molecule has 3 aromatic rings. The zero-order valence-corrected chi connectivity index (χ0v) is 20.3. The molecule has 1 amide bonds. The lowest BCUT2D eigenvalue weighted by molar-refractivity contribution is -0.115. The summed E-state index contributed by atoms with van der Waals surface area (Å²) >= 11 is 13.3. The third kappa shape index (κ3) is 5.38. The van der Waals surface area contributed by atoms with Gasteiger partial charge < -0.3 is 15.2 Å². The largest absolute Gasteiger partial charge is 0.495 e. The summed E-state index contributed by atoms with van der Waals surface area (Å²) in [6.45, 7) is 5.16. The molecule has 2 unspecified atom stereocenters. The molecule has 0 aliphatic rings. The Bertz CT molecular complexity index is 1230. The molecule has 0 radical (unpaired) electrons. The fourth-order valence-electron chi connectivity index (χ4n) is 3.06. The second-order valence-corrected chi connectivity index (χ2v) is 9.52. The molecule has 0 spiro atoms. The van der Waals surface area contributed by atoms with Crippen LogP contribution in [0.4, 0.5) is 5.69 Å². The van der Waals surface area contributed by atoms with Crippen molar-refractivity contribution in [3.8, 4) is 5.75 Å². The molecule has 0 bridgehead atoms. The summed E-state index contributed by atoms with van der Waals surface area (Å²) in [5.41, 5.74) is 1.40. The molecule has 0 fully saturated rings. The van der Waals surface area contributed by atoms with Crippen LogP contribution in [-0.4, -0.2) is 39.0 Å². The molecule has 3 rings (SSSR count). The van der Waals surface area contributed by atoms with E-state index in [1.54, 1.807) is 44.2 Å². The van der Waals surface area contributed by atoms with Gasteiger partial charge in [-0.2, -0.15) is 0 Å². The van der Waals surface area contributed by atoms with Gasteiger partial charge in [0.1, 0.15) is 5.75 Å². The Morgan fingerprint density at radius 2 is 2.00 bits per heavy atom. The molecule has 0 aliphatic carbocycles. The van der Waals surface area contributed by atoms with Gasteiger partial charge in [0, 0.05) is 16.1 Å². The van der Waals surface area contributed by atoms with Crippen LogP contribution in [0.1, 0.15) is 19.4 Å². The van der Waals surface area contributed by atoms with Crippen molar-refractivity contribution >= 4 is 57.5 Å². The van der Waals surface area contributed by atoms with Gasteiger partial charge in [-0.3, -0.25) is 14.2 Å². The number of aliphatic hydroxyl groups is 1. The van der Waals surface area contributed by atoms with Gasteiger partial charge in [0.05, 0.1) is 41.6 Å². The number of thioether (sulfide) groups is 1. The highest BCUT2D eigenvalue weighted by atomic mass is 35.5. The molecule has 1 aromatic heterocycles. The van der Waals surface area contributed by atoms with Gasteiger partial charge in [-0.25, -0.2) is 4.98 Å². The van der Waals surface area contributed by atoms with E-state index < -0.39 is 11.4 Å². The minimum Gasteiger partial charge on any atom is -0.495 e. The van der Waals surface area contributed by atoms with Crippen molar-refractivity contribution < 1.29 is 14.6 Å². The highest BCUT2D eigenvalue weighted by Crippen LogP contribution is 2.32. The van der Waals surface area contributed by atoms with E-state index in [-0.39, 0.29) is 18.0 Å². The molecule has 32 heavy (non-hydrogen) atoms. The normalized spacial score (nSPS) is 13.1. The molecule has 2 atom stereocenters. The van der Waals surface area contributed by atoms with Gasteiger partial charge >= 0.3 is 0 Å². The number of aromatic nitrogens is 2. The van der Waals surface area contributed by atoms with E-state index in [1.165, 1.54) is 11.7 Å². The molecule has 0 aliphatic heterocycles. The summed E-state index contributed by atoms with van der Waals surface area (Å²) in [6, 6.07) is 8.19. The number of nitrogens with one attached hydrogen (secondary N) is 1. The van der Waals surface area contributed by atoms with Gasteiger partial charge in [-0.1, -0.05) is 35.0 Å². The summed E-state index contributed by atoms with van der Waals surface area (Å²) < 4.78 is 6.69. The number of halogens is 2. The van der Waals surface area contributed by atoms with Crippen LogP contribution >= 0.6 is 35.0 Å². The van der Waals surface area contributed by atoms with Crippen LogP contribution in [-0.2, 0) is 11.3 Å². The van der Waals surface area contributed by atoms with Gasteiger partial charge in [0.15, 0.2) is 5.16 Å². The molecule has 0 saturated carbocycles. The number of carbonyl (C=O) groups excluding carboxylic acids is 1. The first-order valence-corrected chi connectivity index (χ1v) is 11.4. The highest BCUT2D eigenvalue weighted by molar-refractivity contribution is 8.00. The van der Waals surface area contributed by atoms with Crippen molar-refractivity contribution in [2.45, 2.75) is 43.8 Å². The van der Waals surface area contributed by atoms with E-state index in [9.17, 15) is 14.7 Å². The Kier molecular flexibility index (Phi) is 7.71. The predicted octanol–water partition coefficient (Wildman–Crippen LogP) is 4.52. The lowest BCUT2D eigenvalue weighted by Gasteiger charge is -2.18. The van der Waals surface area contributed by atoms with E-state index in [1.807, 2.05) is 6.92 Å². The molecule has 0 saturated heterocycles. The summed E-state index contributed by atoms with van der Waals surface area (Å²) in [5, 5.41) is 13.8. The van der Waals surface area contributed by atoms with E-state index >= 15 is 0 Å². The third-order valence-corrected chi connectivity index (χ3v) is 6.45. The third-order valence-electron chi connectivity index (χ3n) is 4.72. The monoisotopic (exact) mass is 495 g/mol. The Morgan fingerprint density at radius 1 is 1.28 bits per heavy atom. The summed E-state index contributed by atoms with van der Waals surface area (Å²) in [7, 11) is 1.49. The number of anilines is 1. The number of carbonyl (C=O) groups is 1. The second-order valence-electron chi connectivity index (χ2n) is 7.37. The van der Waals surface area contributed by atoms with E-state index in [4.69, 9.17) is 27.9 Å². The first-order chi connectivity index (χ1) is 15.1. The number of hydrogen-bond acceptors (Lipinski definition) is 6. The molecule has 1 heterocycles. The van der Waals surface area contributed by atoms with Gasteiger partial charge in [0.2, 0.25) is 5.91 Å². The summed E-state index contributed by atoms with van der Waals surface area (Å²) in [4.78, 5) is 30.5. The van der Waals surface area contributed by atoms with Crippen LogP contribution in [0.3, 0.4) is 0 Å². The molecule has 2 aromatic carbocycles. The number of fused-ring (bicyclic) bond motifs is 1. The number of amides is 1. The number of rotatable bonds is 7. The number of nitrogens with zero attached hydrogens (tertiary/aromatic N) is 2. The fourth-order valence-corrected chi connectivity index (χ4v) is 4.30. The molecule has 7 nitrogen and oxygen atoms in total. The van der Waals surface area contributed by atoms with E-state index in [0.717, 1.165) is 17.3 Å². The number of aliphatic hydroxyl groups excluding tert-OH is 1. The SMILES string of the molecule is COc1cc(Cl)c(C)cc1NC(=O)C(C)Sc1nc2cc(Cl)ccc2c(=O)n1CC(C)O. The van der Waals surface area contributed by atoms with Crippen molar-refractivity contribution in [1.29, 1.82) is 0 Å². The number of ether oxygens (including phenoxy) is 1. The Morgan fingerprint density at radius 3 is 2.66 bits per heavy atom. The zero-order valence-electron chi connectivity index (χ0n) is 18.0.